The number of aromatic amines is 2. The minimum Gasteiger partial charge on any atom is -0.478 e. The Morgan fingerprint density at radius 2 is 2.00 bits per heavy atom. The molecule has 6 nitrogen and oxygen atoms in total. The maximum atomic E-state index is 11.0. The van der Waals surface area contributed by atoms with Crippen molar-refractivity contribution < 1.29 is 4.74 Å². The molecule has 0 radical (unpaired) electrons. The Kier molecular flexibility index (Phi) is 2.24. The number of hydrogen-bond acceptors (Lipinski definition) is 4. The van der Waals surface area contributed by atoms with Gasteiger partial charge in [-0.25, -0.2) is 0 Å². The number of ether oxygens (including phenoxy) is 1. The van der Waals surface area contributed by atoms with E-state index in [0.29, 0.717) is 23.7 Å². The van der Waals surface area contributed by atoms with E-state index >= 15 is 0 Å². The van der Waals surface area contributed by atoms with Crippen molar-refractivity contribution in [2.24, 2.45) is 0 Å². The first-order valence-electron chi connectivity index (χ1n) is 4.47. The first kappa shape index (κ1) is 9.45. The van der Waals surface area contributed by atoms with Gasteiger partial charge in [-0.15, -0.1) is 0 Å². The third kappa shape index (κ3) is 1.74. The minimum absolute atomic E-state index is 0.311. The largest absolute Gasteiger partial charge is 0.478 e. The first-order valence-corrected chi connectivity index (χ1v) is 4.47. The van der Waals surface area contributed by atoms with Crippen LogP contribution in [0.25, 0.3) is 11.2 Å². The Morgan fingerprint density at radius 1 is 1.27 bits per heavy atom. The Labute approximate surface area is 83.9 Å². The smallest absolute Gasteiger partial charge is 0.315 e. The topological polar surface area (TPSA) is 87.8 Å². The van der Waals surface area contributed by atoms with Gasteiger partial charge in [-0.2, -0.15) is 4.98 Å². The number of fused-ring (bicyclic) bond motifs is 1. The van der Waals surface area contributed by atoms with Crippen LogP contribution < -0.4 is 15.9 Å². The van der Waals surface area contributed by atoms with E-state index < -0.39 is 11.1 Å². The average Bonchev–Trinajstić information content (AvgIpc) is 2.21. The van der Waals surface area contributed by atoms with Gasteiger partial charge < -0.3 is 14.7 Å². The fraction of sp³-hybridized carbons (Fsp3) is 0.222. The van der Waals surface area contributed by atoms with Crippen molar-refractivity contribution >= 4 is 11.2 Å². The molecule has 0 aliphatic heterocycles. The molecule has 0 saturated heterocycles. The molecule has 0 saturated carbocycles. The zero-order chi connectivity index (χ0) is 10.8. The number of hydrogen-bond donors (Lipinski definition) is 2. The molecule has 0 amide bonds. The van der Waals surface area contributed by atoms with E-state index in [9.17, 15) is 9.59 Å². The van der Waals surface area contributed by atoms with Crippen molar-refractivity contribution in [3.05, 3.63) is 32.8 Å². The van der Waals surface area contributed by atoms with Crippen molar-refractivity contribution in [2.75, 3.05) is 6.61 Å². The molecule has 2 aromatic heterocycles. The van der Waals surface area contributed by atoms with Crippen LogP contribution in [-0.4, -0.2) is 21.6 Å². The monoisotopic (exact) mass is 207 g/mol. The molecule has 0 aliphatic rings. The van der Waals surface area contributed by atoms with Crippen LogP contribution in [0.2, 0.25) is 0 Å². The van der Waals surface area contributed by atoms with Gasteiger partial charge in [0.15, 0.2) is 5.65 Å². The van der Waals surface area contributed by atoms with Crippen LogP contribution in [0.4, 0.5) is 0 Å². The van der Waals surface area contributed by atoms with Crippen molar-refractivity contribution in [3.63, 3.8) is 0 Å². The maximum absolute atomic E-state index is 11.0. The van der Waals surface area contributed by atoms with Crippen molar-refractivity contribution in [2.45, 2.75) is 6.92 Å². The zero-order valence-corrected chi connectivity index (χ0v) is 8.03. The molecule has 0 fully saturated rings. The Balaban J connectivity index is 2.66. The van der Waals surface area contributed by atoms with Crippen LogP contribution in [0.15, 0.2) is 21.7 Å². The van der Waals surface area contributed by atoms with Gasteiger partial charge in [-0.1, -0.05) is 0 Å². The molecule has 2 rings (SSSR count). The van der Waals surface area contributed by atoms with E-state index in [-0.39, 0.29) is 0 Å². The second-order valence-corrected chi connectivity index (χ2v) is 2.89. The summed E-state index contributed by atoms with van der Waals surface area (Å²) in [7, 11) is 0. The van der Waals surface area contributed by atoms with Crippen LogP contribution in [0, 0.1) is 0 Å². The van der Waals surface area contributed by atoms with Crippen LogP contribution in [0.3, 0.4) is 0 Å². The van der Waals surface area contributed by atoms with E-state index in [1.807, 2.05) is 6.92 Å². The molecule has 2 N–H and O–H groups in total. The summed E-state index contributed by atoms with van der Waals surface area (Å²) in [5, 5.41) is 0. The minimum atomic E-state index is -0.719. The summed E-state index contributed by atoms with van der Waals surface area (Å²) in [5.41, 5.74) is -0.620. The molecular formula is C9H9N3O3. The van der Waals surface area contributed by atoms with Crippen LogP contribution >= 0.6 is 0 Å². The van der Waals surface area contributed by atoms with Gasteiger partial charge in [0, 0.05) is 6.07 Å². The number of nitrogens with one attached hydrogen (secondary N) is 2. The van der Waals surface area contributed by atoms with Crippen LogP contribution in [0.1, 0.15) is 6.92 Å². The SMILES string of the molecule is CCOc1ccc2[nH]c(=O)c(=O)[nH]c2n1. The number of pyridine rings is 1. The summed E-state index contributed by atoms with van der Waals surface area (Å²) in [4.78, 5) is 30.8. The average molecular weight is 207 g/mol. The second-order valence-electron chi connectivity index (χ2n) is 2.89. The van der Waals surface area contributed by atoms with Crippen molar-refractivity contribution in [3.8, 4) is 5.88 Å². The lowest BCUT2D eigenvalue weighted by Crippen LogP contribution is -2.29. The highest BCUT2D eigenvalue weighted by Gasteiger charge is 2.02. The van der Waals surface area contributed by atoms with E-state index in [1.54, 1.807) is 12.1 Å². The maximum Gasteiger partial charge on any atom is 0.315 e. The number of rotatable bonds is 2. The molecular weight excluding hydrogens is 198 g/mol. The van der Waals surface area contributed by atoms with Gasteiger partial charge in [0.1, 0.15) is 0 Å². The molecule has 0 spiro atoms. The second kappa shape index (κ2) is 3.56. The predicted molar refractivity (Wildman–Crippen MR) is 54.2 cm³/mol. The summed E-state index contributed by atoms with van der Waals surface area (Å²) < 4.78 is 5.16. The van der Waals surface area contributed by atoms with Gasteiger partial charge in [0.25, 0.3) is 0 Å². The van der Waals surface area contributed by atoms with Crippen molar-refractivity contribution in [1.29, 1.82) is 0 Å². The molecule has 0 aromatic carbocycles. The van der Waals surface area contributed by atoms with E-state index in [4.69, 9.17) is 4.74 Å². The lowest BCUT2D eigenvalue weighted by atomic mass is 10.4. The summed E-state index contributed by atoms with van der Waals surface area (Å²) in [6.45, 7) is 2.33. The highest BCUT2D eigenvalue weighted by Crippen LogP contribution is 2.10. The fourth-order valence-corrected chi connectivity index (χ4v) is 1.21. The summed E-state index contributed by atoms with van der Waals surface area (Å²) in [6, 6.07) is 3.25. The number of aromatic nitrogens is 3. The summed E-state index contributed by atoms with van der Waals surface area (Å²) in [6.07, 6.45) is 0. The fourth-order valence-electron chi connectivity index (χ4n) is 1.21. The highest BCUT2D eigenvalue weighted by molar-refractivity contribution is 5.69. The van der Waals surface area contributed by atoms with E-state index in [0.717, 1.165) is 0 Å². The van der Waals surface area contributed by atoms with E-state index in [2.05, 4.69) is 15.0 Å². The molecule has 6 heteroatoms. The van der Waals surface area contributed by atoms with Gasteiger partial charge in [-0.3, -0.25) is 9.59 Å². The Bertz CT molecular complexity index is 599. The van der Waals surface area contributed by atoms with Crippen molar-refractivity contribution in [1.82, 2.24) is 15.0 Å². The first-order chi connectivity index (χ1) is 7.20. The number of H-pyrrole nitrogens is 2. The summed E-state index contributed by atoms with van der Waals surface area (Å²) >= 11 is 0. The molecule has 0 bridgehead atoms. The molecule has 15 heavy (non-hydrogen) atoms. The van der Waals surface area contributed by atoms with E-state index in [1.165, 1.54) is 0 Å². The van der Waals surface area contributed by atoms with Gasteiger partial charge >= 0.3 is 11.1 Å². The van der Waals surface area contributed by atoms with Gasteiger partial charge in [-0.05, 0) is 13.0 Å². The van der Waals surface area contributed by atoms with Gasteiger partial charge in [0.05, 0.1) is 12.1 Å². The number of nitrogens with zero attached hydrogens (tertiary/aromatic N) is 1. The highest BCUT2D eigenvalue weighted by atomic mass is 16.5. The Morgan fingerprint density at radius 3 is 2.73 bits per heavy atom. The van der Waals surface area contributed by atoms with Crippen LogP contribution in [-0.2, 0) is 0 Å². The quantitative estimate of drug-likeness (QED) is 0.679. The molecule has 2 aromatic rings. The van der Waals surface area contributed by atoms with Gasteiger partial charge in [0.2, 0.25) is 5.88 Å². The Hall–Kier alpha value is -2.11. The molecule has 0 unspecified atom stereocenters. The lowest BCUT2D eigenvalue weighted by Gasteiger charge is -2.02. The predicted octanol–water partition coefficient (Wildman–Crippen LogP) is 0.0101. The summed E-state index contributed by atoms with van der Waals surface area (Å²) in [5.74, 6) is 0.410. The third-order valence-corrected chi connectivity index (χ3v) is 1.85. The standard InChI is InChI=1S/C9H9N3O3/c1-2-15-6-4-3-5-7(11-6)12-9(14)8(13)10-5/h3-4H,2H2,1H3,(H,10,13)(H,11,12,14). The lowest BCUT2D eigenvalue weighted by molar-refractivity contribution is 0.328. The normalized spacial score (nSPS) is 10.5. The molecule has 2 heterocycles. The molecule has 78 valence electrons. The molecule has 0 aliphatic carbocycles. The van der Waals surface area contributed by atoms with Crippen LogP contribution in [0.5, 0.6) is 5.88 Å². The third-order valence-electron chi connectivity index (χ3n) is 1.85. The molecule has 0 atom stereocenters. The zero-order valence-electron chi connectivity index (χ0n) is 8.03.